The molecule has 7 aromatic carbocycles. The van der Waals surface area contributed by atoms with Crippen molar-refractivity contribution in [3.63, 3.8) is 0 Å². The van der Waals surface area contributed by atoms with Crippen LogP contribution in [0.25, 0.3) is 77.6 Å². The van der Waals surface area contributed by atoms with E-state index in [4.69, 9.17) is 15.0 Å². The highest BCUT2D eigenvalue weighted by molar-refractivity contribution is 6.26. The minimum atomic E-state index is -0.0649. The summed E-state index contributed by atoms with van der Waals surface area (Å²) < 4.78 is 0. The van der Waals surface area contributed by atoms with Gasteiger partial charge in [0.1, 0.15) is 0 Å². The SMILES string of the molecule is CC1(C)c2ccccc2-c2cc3c4ccccc4c4cc(-c5nc(-c6ccccc6)nc(-c6ccccc6)n5)ccc4c3cc21. The summed E-state index contributed by atoms with van der Waals surface area (Å²) in [4.78, 5) is 14.9. The zero-order chi connectivity index (χ0) is 30.1. The first kappa shape index (κ1) is 25.8. The van der Waals surface area contributed by atoms with Crippen molar-refractivity contribution in [1.29, 1.82) is 0 Å². The quantitative estimate of drug-likeness (QED) is 0.197. The van der Waals surface area contributed by atoms with Crippen LogP contribution in [0.3, 0.4) is 0 Å². The van der Waals surface area contributed by atoms with Crippen molar-refractivity contribution in [2.45, 2.75) is 19.3 Å². The first-order chi connectivity index (χ1) is 22.1. The number of benzene rings is 7. The summed E-state index contributed by atoms with van der Waals surface area (Å²) in [7, 11) is 0. The second-order valence-electron chi connectivity index (χ2n) is 12.5. The smallest absolute Gasteiger partial charge is 0.164 e. The van der Waals surface area contributed by atoms with Gasteiger partial charge in [0.25, 0.3) is 0 Å². The molecular weight excluding hydrogens is 546 g/mol. The molecule has 0 aliphatic heterocycles. The first-order valence-corrected chi connectivity index (χ1v) is 15.5. The lowest BCUT2D eigenvalue weighted by Crippen LogP contribution is -2.14. The van der Waals surface area contributed by atoms with Crippen LogP contribution in [0, 0.1) is 0 Å². The molecule has 1 aliphatic carbocycles. The van der Waals surface area contributed by atoms with Crippen LogP contribution in [-0.4, -0.2) is 15.0 Å². The largest absolute Gasteiger partial charge is 0.208 e. The van der Waals surface area contributed by atoms with E-state index in [1.165, 1.54) is 54.6 Å². The van der Waals surface area contributed by atoms with Crippen LogP contribution < -0.4 is 0 Å². The molecule has 0 amide bonds. The molecule has 212 valence electrons. The number of hydrogen-bond acceptors (Lipinski definition) is 3. The molecule has 0 N–H and O–H groups in total. The molecule has 0 bridgehead atoms. The average Bonchev–Trinajstić information content (AvgIpc) is 3.33. The van der Waals surface area contributed by atoms with Gasteiger partial charge in [0.2, 0.25) is 0 Å². The third kappa shape index (κ3) is 3.94. The first-order valence-electron chi connectivity index (χ1n) is 15.5. The topological polar surface area (TPSA) is 38.7 Å². The van der Waals surface area contributed by atoms with E-state index in [1.807, 2.05) is 60.7 Å². The van der Waals surface area contributed by atoms with E-state index in [-0.39, 0.29) is 5.41 Å². The van der Waals surface area contributed by atoms with Gasteiger partial charge in [-0.2, -0.15) is 0 Å². The zero-order valence-corrected chi connectivity index (χ0v) is 25.1. The molecule has 0 spiro atoms. The van der Waals surface area contributed by atoms with Gasteiger partial charge in [-0.3, -0.25) is 0 Å². The van der Waals surface area contributed by atoms with Gasteiger partial charge in [0.15, 0.2) is 17.5 Å². The fourth-order valence-electron chi connectivity index (χ4n) is 7.22. The van der Waals surface area contributed by atoms with Crippen LogP contribution in [0.1, 0.15) is 25.0 Å². The standard InChI is InChI=1S/C42H29N3/c1-42(2)37-20-12-11-19-32(37)36-24-34-30-18-10-9-17-29(30)33-23-28(21-22-31(33)35(34)25-38(36)42)41-44-39(26-13-5-3-6-14-26)43-40(45-41)27-15-7-4-8-16-27/h3-25H,1-2H3. The minimum Gasteiger partial charge on any atom is -0.208 e. The highest BCUT2D eigenvalue weighted by Crippen LogP contribution is 2.51. The predicted octanol–water partition coefficient (Wildman–Crippen LogP) is 10.6. The fourth-order valence-corrected chi connectivity index (χ4v) is 7.22. The van der Waals surface area contributed by atoms with Gasteiger partial charge in [-0.1, -0.05) is 135 Å². The normalized spacial score (nSPS) is 13.3. The molecule has 0 saturated heterocycles. The van der Waals surface area contributed by atoms with Crippen molar-refractivity contribution < 1.29 is 0 Å². The number of aromatic nitrogens is 3. The van der Waals surface area contributed by atoms with Crippen LogP contribution in [0.2, 0.25) is 0 Å². The van der Waals surface area contributed by atoms with Gasteiger partial charge in [0.05, 0.1) is 0 Å². The molecule has 0 atom stereocenters. The average molecular weight is 576 g/mol. The Morgan fingerprint density at radius 2 is 0.844 bits per heavy atom. The van der Waals surface area contributed by atoms with Crippen molar-refractivity contribution in [3.05, 3.63) is 151 Å². The summed E-state index contributed by atoms with van der Waals surface area (Å²) in [6.45, 7) is 4.69. The molecule has 0 fully saturated rings. The van der Waals surface area contributed by atoms with Crippen molar-refractivity contribution in [3.8, 4) is 45.3 Å². The van der Waals surface area contributed by atoms with Crippen LogP contribution in [0.4, 0.5) is 0 Å². The zero-order valence-electron chi connectivity index (χ0n) is 25.1. The summed E-state index contributed by atoms with van der Waals surface area (Å²) in [5.74, 6) is 2.00. The van der Waals surface area contributed by atoms with Gasteiger partial charge >= 0.3 is 0 Å². The molecule has 0 radical (unpaired) electrons. The molecular formula is C42H29N3. The van der Waals surface area contributed by atoms with E-state index < -0.39 is 0 Å². The highest BCUT2D eigenvalue weighted by Gasteiger charge is 2.35. The third-order valence-corrected chi connectivity index (χ3v) is 9.50. The lowest BCUT2D eigenvalue weighted by atomic mass is 9.81. The Kier molecular flexibility index (Phi) is 5.54. The molecule has 1 aromatic heterocycles. The van der Waals surface area contributed by atoms with Gasteiger partial charge in [-0.05, 0) is 72.8 Å². The summed E-state index contributed by atoms with van der Waals surface area (Å²) in [6.07, 6.45) is 0. The maximum absolute atomic E-state index is 5.02. The molecule has 0 unspecified atom stereocenters. The minimum absolute atomic E-state index is 0.0649. The van der Waals surface area contributed by atoms with Gasteiger partial charge in [0, 0.05) is 22.1 Å². The maximum Gasteiger partial charge on any atom is 0.164 e. The van der Waals surface area contributed by atoms with E-state index in [0.717, 1.165) is 16.7 Å². The van der Waals surface area contributed by atoms with E-state index in [0.29, 0.717) is 17.5 Å². The third-order valence-electron chi connectivity index (χ3n) is 9.50. The molecule has 1 aliphatic rings. The van der Waals surface area contributed by atoms with Crippen molar-refractivity contribution in [2.24, 2.45) is 0 Å². The van der Waals surface area contributed by atoms with Crippen LogP contribution in [0.5, 0.6) is 0 Å². The molecule has 3 nitrogen and oxygen atoms in total. The van der Waals surface area contributed by atoms with E-state index in [1.54, 1.807) is 0 Å². The van der Waals surface area contributed by atoms with Crippen LogP contribution in [0.15, 0.2) is 140 Å². The number of nitrogens with zero attached hydrogens (tertiary/aromatic N) is 3. The number of hydrogen-bond donors (Lipinski definition) is 0. The summed E-state index contributed by atoms with van der Waals surface area (Å²) >= 11 is 0. The Bertz CT molecular complexity index is 2390. The van der Waals surface area contributed by atoms with Gasteiger partial charge in [-0.15, -0.1) is 0 Å². The molecule has 0 saturated carbocycles. The Morgan fingerprint density at radius 1 is 0.356 bits per heavy atom. The van der Waals surface area contributed by atoms with Crippen molar-refractivity contribution >= 4 is 32.3 Å². The Morgan fingerprint density at radius 3 is 1.49 bits per heavy atom. The molecule has 8 aromatic rings. The fraction of sp³-hybridized carbons (Fsp3) is 0.0714. The lowest BCUT2D eigenvalue weighted by molar-refractivity contribution is 0.661. The summed E-state index contributed by atoms with van der Waals surface area (Å²) in [5, 5.41) is 7.49. The lowest BCUT2D eigenvalue weighted by Gasteiger charge is -2.22. The van der Waals surface area contributed by atoms with Crippen molar-refractivity contribution in [1.82, 2.24) is 15.0 Å². The monoisotopic (exact) mass is 575 g/mol. The number of fused-ring (bicyclic) bond motifs is 9. The summed E-state index contributed by atoms with van der Waals surface area (Å²) in [5.41, 5.74) is 8.30. The molecule has 9 rings (SSSR count). The predicted molar refractivity (Wildman–Crippen MR) is 186 cm³/mol. The summed E-state index contributed by atoms with van der Waals surface area (Å²) in [6, 6.07) is 49.5. The van der Waals surface area contributed by atoms with Crippen LogP contribution in [-0.2, 0) is 5.41 Å². The van der Waals surface area contributed by atoms with Crippen molar-refractivity contribution in [2.75, 3.05) is 0 Å². The van der Waals surface area contributed by atoms with Crippen LogP contribution >= 0.6 is 0 Å². The van der Waals surface area contributed by atoms with E-state index >= 15 is 0 Å². The van der Waals surface area contributed by atoms with E-state index in [9.17, 15) is 0 Å². The molecule has 3 heteroatoms. The maximum atomic E-state index is 5.02. The molecule has 1 heterocycles. The second-order valence-corrected chi connectivity index (χ2v) is 12.5. The second kappa shape index (κ2) is 9.67. The number of rotatable bonds is 3. The Balaban J connectivity index is 1.31. The van der Waals surface area contributed by atoms with Gasteiger partial charge < -0.3 is 0 Å². The Labute approximate surface area is 261 Å². The van der Waals surface area contributed by atoms with E-state index in [2.05, 4.69) is 92.7 Å². The highest BCUT2D eigenvalue weighted by atomic mass is 15.0. The molecule has 45 heavy (non-hydrogen) atoms. The van der Waals surface area contributed by atoms with Gasteiger partial charge in [-0.25, -0.2) is 15.0 Å². The Hall–Kier alpha value is -5.67.